The van der Waals surface area contributed by atoms with Crippen molar-refractivity contribution < 1.29 is 0 Å². The maximum Gasteiger partial charge on any atom is 0.0628 e. The highest BCUT2D eigenvalue weighted by Gasteiger charge is 2.44. The van der Waals surface area contributed by atoms with Gasteiger partial charge in [0.1, 0.15) is 0 Å². The summed E-state index contributed by atoms with van der Waals surface area (Å²) in [5.41, 5.74) is 0.348. The minimum absolute atomic E-state index is 0.348. The van der Waals surface area contributed by atoms with Gasteiger partial charge in [0, 0.05) is 25.6 Å². The molecule has 1 aliphatic heterocycles. The highest BCUT2D eigenvalue weighted by atomic mass is 15.2. The molecule has 102 valence electrons. The number of nitriles is 1. The Hall–Kier alpha value is -0.590. The third kappa shape index (κ3) is 3.70. The Morgan fingerprint density at radius 3 is 2.72 bits per heavy atom. The van der Waals surface area contributed by atoms with E-state index in [-0.39, 0.29) is 0 Å². The largest absolute Gasteiger partial charge is 0.316 e. The zero-order valence-electron chi connectivity index (χ0n) is 11.9. The van der Waals surface area contributed by atoms with E-state index in [4.69, 9.17) is 5.26 Å². The number of nitrogens with one attached hydrogen (secondary N) is 1. The summed E-state index contributed by atoms with van der Waals surface area (Å²) in [5.74, 6) is 0.805. The smallest absolute Gasteiger partial charge is 0.0628 e. The first-order valence-electron chi connectivity index (χ1n) is 7.47. The number of rotatable bonds is 6. The van der Waals surface area contributed by atoms with Gasteiger partial charge in [-0.1, -0.05) is 0 Å². The van der Waals surface area contributed by atoms with Crippen LogP contribution < -0.4 is 5.32 Å². The molecule has 1 aliphatic carbocycles. The van der Waals surface area contributed by atoms with Gasteiger partial charge in [-0.2, -0.15) is 5.26 Å². The molecule has 2 fully saturated rings. The van der Waals surface area contributed by atoms with Crippen LogP contribution in [0.1, 0.15) is 46.0 Å². The first kappa shape index (κ1) is 13.8. The lowest BCUT2D eigenvalue weighted by molar-refractivity contribution is 0.141. The topological polar surface area (TPSA) is 39.1 Å². The zero-order valence-corrected chi connectivity index (χ0v) is 11.9. The highest BCUT2D eigenvalue weighted by Crippen LogP contribution is 2.49. The summed E-state index contributed by atoms with van der Waals surface area (Å²) in [4.78, 5) is 2.61. The summed E-state index contributed by atoms with van der Waals surface area (Å²) in [6, 6.07) is 2.98. The second-order valence-corrected chi connectivity index (χ2v) is 6.57. The molecule has 0 aromatic heterocycles. The maximum absolute atomic E-state index is 8.94. The monoisotopic (exact) mass is 249 g/mol. The lowest BCUT2D eigenvalue weighted by Gasteiger charge is -2.35. The molecule has 1 atom stereocenters. The van der Waals surface area contributed by atoms with Crippen molar-refractivity contribution in [1.82, 2.24) is 10.2 Å². The van der Waals surface area contributed by atoms with Gasteiger partial charge in [0.2, 0.25) is 0 Å². The summed E-state index contributed by atoms with van der Waals surface area (Å²) in [6.07, 6.45) is 5.94. The molecule has 0 bridgehead atoms. The first-order valence-corrected chi connectivity index (χ1v) is 7.47. The molecule has 1 unspecified atom stereocenters. The summed E-state index contributed by atoms with van der Waals surface area (Å²) in [7, 11) is 0. The van der Waals surface area contributed by atoms with Crippen LogP contribution in [0.5, 0.6) is 0 Å². The Kier molecular flexibility index (Phi) is 4.64. The SMILES string of the molecule is CC(C)N(CC1CCCNC1)CC1(CC#N)CC1. The maximum atomic E-state index is 8.94. The van der Waals surface area contributed by atoms with E-state index in [1.54, 1.807) is 0 Å². The van der Waals surface area contributed by atoms with Crippen LogP contribution in [0, 0.1) is 22.7 Å². The Bertz CT molecular complexity index is 295. The normalized spacial score (nSPS) is 26.3. The molecule has 1 heterocycles. The van der Waals surface area contributed by atoms with Crippen molar-refractivity contribution in [3.05, 3.63) is 0 Å². The summed E-state index contributed by atoms with van der Waals surface area (Å²) >= 11 is 0. The molecule has 2 aliphatic rings. The van der Waals surface area contributed by atoms with Gasteiger partial charge >= 0.3 is 0 Å². The minimum atomic E-state index is 0.348. The van der Waals surface area contributed by atoms with Crippen molar-refractivity contribution >= 4 is 0 Å². The predicted octanol–water partition coefficient (Wildman–Crippen LogP) is 2.39. The molecule has 1 N–H and O–H groups in total. The summed E-state index contributed by atoms with van der Waals surface area (Å²) in [6.45, 7) is 9.29. The molecular formula is C15H27N3. The van der Waals surface area contributed by atoms with Gasteiger partial charge in [-0.05, 0) is 64.0 Å². The van der Waals surface area contributed by atoms with Crippen molar-refractivity contribution in [2.75, 3.05) is 26.2 Å². The fourth-order valence-corrected chi connectivity index (χ4v) is 3.04. The highest BCUT2D eigenvalue weighted by molar-refractivity contribution is 5.01. The minimum Gasteiger partial charge on any atom is -0.316 e. The van der Waals surface area contributed by atoms with E-state index in [1.807, 2.05) is 0 Å². The first-order chi connectivity index (χ1) is 8.65. The number of piperidine rings is 1. The van der Waals surface area contributed by atoms with Crippen molar-refractivity contribution in [2.45, 2.75) is 52.0 Å². The van der Waals surface area contributed by atoms with Crippen LogP contribution in [-0.4, -0.2) is 37.1 Å². The Labute approximate surface area is 112 Å². The van der Waals surface area contributed by atoms with Crippen LogP contribution in [0.3, 0.4) is 0 Å². The van der Waals surface area contributed by atoms with Crippen LogP contribution in [-0.2, 0) is 0 Å². The molecule has 3 nitrogen and oxygen atoms in total. The average Bonchev–Trinajstić information content (AvgIpc) is 3.10. The van der Waals surface area contributed by atoms with Crippen LogP contribution in [0.4, 0.5) is 0 Å². The van der Waals surface area contributed by atoms with Gasteiger partial charge in [-0.25, -0.2) is 0 Å². The van der Waals surface area contributed by atoms with Gasteiger partial charge in [0.15, 0.2) is 0 Å². The zero-order chi connectivity index (χ0) is 13.0. The standard InChI is InChI=1S/C15H27N3/c1-13(2)18(11-14-4-3-9-17-10-14)12-15(5-6-15)7-8-16/h13-14,17H,3-7,9-12H2,1-2H3. The summed E-state index contributed by atoms with van der Waals surface area (Å²) < 4.78 is 0. The average molecular weight is 249 g/mol. The molecule has 0 aromatic rings. The second-order valence-electron chi connectivity index (χ2n) is 6.57. The molecular weight excluding hydrogens is 222 g/mol. The fourth-order valence-electron chi connectivity index (χ4n) is 3.04. The lowest BCUT2D eigenvalue weighted by atomic mass is 9.96. The Morgan fingerprint density at radius 2 is 2.22 bits per heavy atom. The molecule has 0 spiro atoms. The van der Waals surface area contributed by atoms with Crippen LogP contribution in [0.25, 0.3) is 0 Å². The van der Waals surface area contributed by atoms with Crippen molar-refractivity contribution in [3.8, 4) is 6.07 Å². The lowest BCUT2D eigenvalue weighted by Crippen LogP contribution is -2.43. The molecule has 0 amide bonds. The van der Waals surface area contributed by atoms with Crippen molar-refractivity contribution in [1.29, 1.82) is 5.26 Å². The molecule has 1 saturated heterocycles. The van der Waals surface area contributed by atoms with Crippen molar-refractivity contribution in [2.24, 2.45) is 11.3 Å². The van der Waals surface area contributed by atoms with Gasteiger partial charge in [-0.3, -0.25) is 0 Å². The Morgan fingerprint density at radius 1 is 1.44 bits per heavy atom. The van der Waals surface area contributed by atoms with E-state index >= 15 is 0 Å². The second kappa shape index (κ2) is 6.04. The van der Waals surface area contributed by atoms with E-state index in [1.165, 1.54) is 45.3 Å². The third-order valence-corrected chi connectivity index (χ3v) is 4.57. The van der Waals surface area contributed by atoms with E-state index in [9.17, 15) is 0 Å². The van der Waals surface area contributed by atoms with Gasteiger partial charge in [0.05, 0.1) is 6.07 Å². The van der Waals surface area contributed by atoms with Crippen molar-refractivity contribution in [3.63, 3.8) is 0 Å². The Balaban J connectivity index is 1.86. The third-order valence-electron chi connectivity index (χ3n) is 4.57. The quantitative estimate of drug-likeness (QED) is 0.785. The molecule has 18 heavy (non-hydrogen) atoms. The fraction of sp³-hybridized carbons (Fsp3) is 0.933. The number of hydrogen-bond acceptors (Lipinski definition) is 3. The van der Waals surface area contributed by atoms with Crippen LogP contribution in [0.2, 0.25) is 0 Å². The number of nitrogens with zero attached hydrogens (tertiary/aromatic N) is 2. The van der Waals surface area contributed by atoms with E-state index in [0.717, 1.165) is 18.9 Å². The molecule has 0 aromatic carbocycles. The van der Waals surface area contributed by atoms with Crippen LogP contribution in [0.15, 0.2) is 0 Å². The summed E-state index contributed by atoms with van der Waals surface area (Å²) in [5, 5.41) is 12.4. The molecule has 3 heteroatoms. The van der Waals surface area contributed by atoms with E-state index in [0.29, 0.717) is 11.5 Å². The predicted molar refractivity (Wildman–Crippen MR) is 74.2 cm³/mol. The number of hydrogen-bond donors (Lipinski definition) is 1. The van der Waals surface area contributed by atoms with Gasteiger partial charge in [-0.15, -0.1) is 0 Å². The molecule has 2 rings (SSSR count). The van der Waals surface area contributed by atoms with Gasteiger partial charge < -0.3 is 10.2 Å². The molecule has 1 saturated carbocycles. The van der Waals surface area contributed by atoms with E-state index in [2.05, 4.69) is 30.1 Å². The molecule has 0 radical (unpaired) electrons. The van der Waals surface area contributed by atoms with Gasteiger partial charge in [0.25, 0.3) is 0 Å². The van der Waals surface area contributed by atoms with Crippen LogP contribution >= 0.6 is 0 Å². The van der Waals surface area contributed by atoms with E-state index < -0.39 is 0 Å².